The zero-order valence-electron chi connectivity index (χ0n) is 11.0. The summed E-state index contributed by atoms with van der Waals surface area (Å²) in [7, 11) is 0. The lowest BCUT2D eigenvalue weighted by atomic mass is 9.94. The van der Waals surface area contributed by atoms with Gasteiger partial charge in [0.2, 0.25) is 0 Å². The van der Waals surface area contributed by atoms with E-state index >= 15 is 0 Å². The van der Waals surface area contributed by atoms with Crippen LogP contribution in [0.1, 0.15) is 32.3 Å². The van der Waals surface area contributed by atoms with Crippen molar-refractivity contribution in [3.63, 3.8) is 0 Å². The Bertz CT molecular complexity index is 510. The number of hydrogen-bond donors (Lipinski definition) is 2. The molecule has 0 radical (unpaired) electrons. The van der Waals surface area contributed by atoms with Crippen molar-refractivity contribution in [2.45, 2.75) is 32.2 Å². The molecule has 0 amide bonds. The Labute approximate surface area is 111 Å². The van der Waals surface area contributed by atoms with Gasteiger partial charge in [0, 0.05) is 18.2 Å². The van der Waals surface area contributed by atoms with E-state index < -0.39 is 10.5 Å². The molecule has 1 unspecified atom stereocenters. The fourth-order valence-electron chi connectivity index (χ4n) is 1.76. The van der Waals surface area contributed by atoms with E-state index in [4.69, 9.17) is 10.4 Å². The average molecular weight is 263 g/mol. The molecule has 0 saturated carbocycles. The first-order valence-electron chi connectivity index (χ1n) is 6.03. The number of nitriles is 1. The number of nitro benzene ring substituents is 1. The Hall–Kier alpha value is -2.13. The van der Waals surface area contributed by atoms with Gasteiger partial charge in [-0.25, -0.2) is 0 Å². The van der Waals surface area contributed by atoms with Crippen LogP contribution >= 0.6 is 0 Å². The highest BCUT2D eigenvalue weighted by atomic mass is 16.6. The summed E-state index contributed by atoms with van der Waals surface area (Å²) in [4.78, 5) is 10.5. The SMILES string of the molecule is CCC(C)(CCO)Nc1ccc(C#N)cc1[N+](=O)[O-]. The number of rotatable bonds is 6. The molecule has 0 aliphatic heterocycles. The fraction of sp³-hybridized carbons (Fsp3) is 0.462. The van der Waals surface area contributed by atoms with Gasteiger partial charge in [0.05, 0.1) is 16.6 Å². The molecule has 102 valence electrons. The normalized spacial score (nSPS) is 13.4. The summed E-state index contributed by atoms with van der Waals surface area (Å²) in [5.74, 6) is 0. The summed E-state index contributed by atoms with van der Waals surface area (Å²) in [6.07, 6.45) is 1.20. The average Bonchev–Trinajstić information content (AvgIpc) is 2.39. The Kier molecular flexibility index (Phi) is 4.84. The third-order valence-electron chi connectivity index (χ3n) is 3.20. The van der Waals surface area contributed by atoms with E-state index in [9.17, 15) is 10.1 Å². The zero-order chi connectivity index (χ0) is 14.5. The number of nitro groups is 1. The summed E-state index contributed by atoms with van der Waals surface area (Å²) in [5.41, 5.74) is 0.0595. The third kappa shape index (κ3) is 3.66. The maximum atomic E-state index is 11.0. The second-order valence-electron chi connectivity index (χ2n) is 4.61. The maximum Gasteiger partial charge on any atom is 0.293 e. The van der Waals surface area contributed by atoms with Crippen LogP contribution in [0.25, 0.3) is 0 Å². The topological polar surface area (TPSA) is 99.2 Å². The van der Waals surface area contributed by atoms with Gasteiger partial charge in [-0.2, -0.15) is 5.26 Å². The van der Waals surface area contributed by atoms with Crippen LogP contribution in [-0.4, -0.2) is 22.2 Å². The van der Waals surface area contributed by atoms with Crippen LogP contribution in [-0.2, 0) is 0 Å². The molecule has 0 aliphatic rings. The van der Waals surface area contributed by atoms with E-state index in [1.165, 1.54) is 18.2 Å². The lowest BCUT2D eigenvalue weighted by Gasteiger charge is -2.30. The number of aliphatic hydroxyl groups is 1. The predicted molar refractivity (Wildman–Crippen MR) is 71.8 cm³/mol. The molecule has 0 heterocycles. The minimum absolute atomic E-state index is 0.00141. The van der Waals surface area contributed by atoms with Gasteiger partial charge in [-0.1, -0.05) is 6.92 Å². The monoisotopic (exact) mass is 263 g/mol. The molecule has 6 heteroatoms. The Balaban J connectivity index is 3.13. The van der Waals surface area contributed by atoms with Crippen LogP contribution < -0.4 is 5.32 Å². The standard InChI is InChI=1S/C13H17N3O3/c1-3-13(2,6-7-17)15-11-5-4-10(9-14)8-12(11)16(18)19/h4-5,8,15,17H,3,6-7H2,1-2H3. The fourth-order valence-corrected chi connectivity index (χ4v) is 1.76. The van der Waals surface area contributed by atoms with E-state index in [1.54, 1.807) is 0 Å². The molecule has 1 rings (SSSR count). The number of nitrogens with zero attached hydrogens (tertiary/aromatic N) is 2. The number of aliphatic hydroxyl groups excluding tert-OH is 1. The van der Waals surface area contributed by atoms with Gasteiger partial charge in [0.25, 0.3) is 5.69 Å². The minimum Gasteiger partial charge on any atom is -0.396 e. The van der Waals surface area contributed by atoms with E-state index in [2.05, 4.69) is 5.32 Å². The van der Waals surface area contributed by atoms with Gasteiger partial charge in [-0.15, -0.1) is 0 Å². The first-order valence-corrected chi connectivity index (χ1v) is 6.03. The van der Waals surface area contributed by atoms with Crippen molar-refractivity contribution < 1.29 is 10.0 Å². The van der Waals surface area contributed by atoms with E-state index in [-0.39, 0.29) is 17.9 Å². The molecule has 1 aromatic rings. The lowest BCUT2D eigenvalue weighted by molar-refractivity contribution is -0.384. The lowest BCUT2D eigenvalue weighted by Crippen LogP contribution is -2.35. The Morgan fingerprint density at radius 3 is 2.74 bits per heavy atom. The largest absolute Gasteiger partial charge is 0.396 e. The Morgan fingerprint density at radius 2 is 2.26 bits per heavy atom. The first kappa shape index (κ1) is 14.9. The summed E-state index contributed by atoms with van der Waals surface area (Å²) in [6.45, 7) is 3.84. The van der Waals surface area contributed by atoms with Gasteiger partial charge < -0.3 is 10.4 Å². The molecule has 6 nitrogen and oxygen atoms in total. The van der Waals surface area contributed by atoms with Crippen molar-refractivity contribution in [1.29, 1.82) is 5.26 Å². The quantitative estimate of drug-likeness (QED) is 0.606. The molecule has 1 atom stereocenters. The minimum atomic E-state index is -0.516. The molecule has 19 heavy (non-hydrogen) atoms. The van der Waals surface area contributed by atoms with Crippen molar-refractivity contribution >= 4 is 11.4 Å². The smallest absolute Gasteiger partial charge is 0.293 e. The molecule has 0 saturated heterocycles. The van der Waals surface area contributed by atoms with Crippen LogP contribution in [0.2, 0.25) is 0 Å². The highest BCUT2D eigenvalue weighted by molar-refractivity contribution is 5.65. The van der Waals surface area contributed by atoms with Crippen molar-refractivity contribution in [2.24, 2.45) is 0 Å². The second-order valence-corrected chi connectivity index (χ2v) is 4.61. The van der Waals surface area contributed by atoms with E-state index in [0.29, 0.717) is 18.5 Å². The second kappa shape index (κ2) is 6.16. The first-order chi connectivity index (χ1) is 8.95. The van der Waals surface area contributed by atoms with Gasteiger partial charge >= 0.3 is 0 Å². The van der Waals surface area contributed by atoms with Crippen molar-refractivity contribution in [3.8, 4) is 6.07 Å². The van der Waals surface area contributed by atoms with Crippen LogP contribution in [0.5, 0.6) is 0 Å². The highest BCUT2D eigenvalue weighted by Crippen LogP contribution is 2.30. The molecular weight excluding hydrogens is 246 g/mol. The summed E-state index contributed by atoms with van der Waals surface area (Å²) in [5, 5.41) is 32.0. The van der Waals surface area contributed by atoms with Gasteiger partial charge in [-0.3, -0.25) is 10.1 Å². The number of benzene rings is 1. The van der Waals surface area contributed by atoms with Crippen LogP contribution in [0.15, 0.2) is 18.2 Å². The number of hydrogen-bond acceptors (Lipinski definition) is 5. The molecule has 0 bridgehead atoms. The molecule has 0 spiro atoms. The van der Waals surface area contributed by atoms with E-state index in [1.807, 2.05) is 19.9 Å². The zero-order valence-corrected chi connectivity index (χ0v) is 11.0. The van der Waals surface area contributed by atoms with Crippen molar-refractivity contribution in [3.05, 3.63) is 33.9 Å². The molecule has 0 fully saturated rings. The van der Waals surface area contributed by atoms with E-state index in [0.717, 1.165) is 0 Å². The van der Waals surface area contributed by atoms with Gasteiger partial charge in [0.15, 0.2) is 0 Å². The van der Waals surface area contributed by atoms with Crippen LogP contribution in [0.4, 0.5) is 11.4 Å². The highest BCUT2D eigenvalue weighted by Gasteiger charge is 2.25. The Morgan fingerprint density at radius 1 is 1.58 bits per heavy atom. The number of nitrogens with one attached hydrogen (secondary N) is 1. The van der Waals surface area contributed by atoms with Crippen molar-refractivity contribution in [2.75, 3.05) is 11.9 Å². The maximum absolute atomic E-state index is 11.0. The van der Waals surface area contributed by atoms with Gasteiger partial charge in [-0.05, 0) is 31.9 Å². The van der Waals surface area contributed by atoms with Crippen LogP contribution in [0.3, 0.4) is 0 Å². The molecule has 0 aromatic heterocycles. The summed E-state index contributed by atoms with van der Waals surface area (Å²) in [6, 6.07) is 6.19. The summed E-state index contributed by atoms with van der Waals surface area (Å²) < 4.78 is 0. The predicted octanol–water partition coefficient (Wildman–Crippen LogP) is 2.43. The molecule has 0 aliphatic carbocycles. The van der Waals surface area contributed by atoms with Gasteiger partial charge in [0.1, 0.15) is 5.69 Å². The molecule has 1 aromatic carbocycles. The molecule has 2 N–H and O–H groups in total. The third-order valence-corrected chi connectivity index (χ3v) is 3.20. The molecular formula is C13H17N3O3. The summed E-state index contributed by atoms with van der Waals surface area (Å²) >= 11 is 0. The van der Waals surface area contributed by atoms with Crippen molar-refractivity contribution in [1.82, 2.24) is 0 Å². The number of anilines is 1. The van der Waals surface area contributed by atoms with Crippen LogP contribution in [0, 0.1) is 21.4 Å².